The Morgan fingerprint density at radius 1 is 0.522 bits per heavy atom. The summed E-state index contributed by atoms with van der Waals surface area (Å²) in [5.74, 6) is 0. The molecule has 0 bridgehead atoms. The van der Waals surface area contributed by atoms with E-state index in [1.165, 1.54) is 43.4 Å². The summed E-state index contributed by atoms with van der Waals surface area (Å²) in [6.07, 6.45) is 0. The van der Waals surface area contributed by atoms with Gasteiger partial charge in [-0.2, -0.15) is 0 Å². The summed E-state index contributed by atoms with van der Waals surface area (Å²) in [7, 11) is 0. The minimum atomic E-state index is 1.16. The van der Waals surface area contributed by atoms with E-state index in [4.69, 9.17) is 0 Å². The van der Waals surface area contributed by atoms with Gasteiger partial charge < -0.3 is 0 Å². The first-order valence-electron chi connectivity index (χ1n) is 7.74. The second kappa shape index (κ2) is 4.81. The fraction of sp³-hybridized carbons (Fsp3) is 0. The van der Waals surface area contributed by atoms with Crippen molar-refractivity contribution < 1.29 is 0 Å². The van der Waals surface area contributed by atoms with Crippen LogP contribution in [0.2, 0.25) is 0 Å². The molecular formula is C22H13Br. The molecule has 0 aliphatic carbocycles. The number of hydrogen-bond donors (Lipinski definition) is 0. The van der Waals surface area contributed by atoms with Crippen molar-refractivity contribution >= 4 is 48.2 Å². The molecule has 0 saturated heterocycles. The van der Waals surface area contributed by atoms with Gasteiger partial charge in [-0.1, -0.05) is 76.6 Å². The van der Waals surface area contributed by atoms with Crippen LogP contribution in [0.5, 0.6) is 0 Å². The summed E-state index contributed by atoms with van der Waals surface area (Å²) < 4.78 is 1.16. The van der Waals surface area contributed by atoms with Crippen molar-refractivity contribution in [2.24, 2.45) is 0 Å². The maximum Gasteiger partial charge on any atom is 0.0254 e. The van der Waals surface area contributed by atoms with Gasteiger partial charge in [0.25, 0.3) is 0 Å². The van der Waals surface area contributed by atoms with Gasteiger partial charge in [0.05, 0.1) is 0 Å². The predicted molar refractivity (Wildman–Crippen MR) is 103 cm³/mol. The second-order valence-electron chi connectivity index (χ2n) is 5.99. The first-order valence-corrected chi connectivity index (χ1v) is 8.53. The average molecular weight is 357 g/mol. The third-order valence-corrected chi connectivity index (χ3v) is 5.34. The van der Waals surface area contributed by atoms with Crippen LogP contribution >= 0.6 is 15.9 Å². The number of hydrogen-bond acceptors (Lipinski definition) is 0. The molecule has 0 fully saturated rings. The lowest BCUT2D eigenvalue weighted by Gasteiger charge is -2.13. The molecule has 0 nitrogen and oxygen atoms in total. The molecule has 0 unspecified atom stereocenters. The minimum absolute atomic E-state index is 1.16. The normalized spacial score (nSPS) is 11.7. The SMILES string of the molecule is Brc1ccc2ccc3cc(-c4ccccc4)cc4ccc1c2c34. The molecule has 0 amide bonds. The Bertz CT molecular complexity index is 1140. The van der Waals surface area contributed by atoms with Crippen LogP contribution in [-0.4, -0.2) is 0 Å². The van der Waals surface area contributed by atoms with Gasteiger partial charge in [-0.3, -0.25) is 0 Å². The fourth-order valence-corrected chi connectivity index (χ4v) is 4.04. The average Bonchev–Trinajstić information content (AvgIpc) is 2.61. The van der Waals surface area contributed by atoms with Gasteiger partial charge >= 0.3 is 0 Å². The first-order chi connectivity index (χ1) is 11.3. The number of rotatable bonds is 1. The van der Waals surface area contributed by atoms with Crippen LogP contribution in [0.1, 0.15) is 0 Å². The molecule has 1 heteroatoms. The molecule has 5 aromatic carbocycles. The smallest absolute Gasteiger partial charge is 0.0254 e. The van der Waals surface area contributed by atoms with E-state index in [2.05, 4.69) is 94.8 Å². The Hall–Kier alpha value is -2.38. The molecule has 0 aliphatic rings. The maximum atomic E-state index is 3.69. The van der Waals surface area contributed by atoms with Crippen LogP contribution in [0.4, 0.5) is 0 Å². The lowest BCUT2D eigenvalue weighted by Crippen LogP contribution is -1.86. The Morgan fingerprint density at radius 2 is 1.17 bits per heavy atom. The van der Waals surface area contributed by atoms with E-state index in [1.54, 1.807) is 0 Å². The van der Waals surface area contributed by atoms with E-state index in [1.807, 2.05) is 0 Å². The molecule has 0 atom stereocenters. The van der Waals surface area contributed by atoms with Crippen LogP contribution in [0.15, 0.2) is 83.3 Å². The van der Waals surface area contributed by atoms with E-state index in [-0.39, 0.29) is 0 Å². The van der Waals surface area contributed by atoms with Gasteiger partial charge in [0.2, 0.25) is 0 Å². The molecular weight excluding hydrogens is 344 g/mol. The molecule has 0 N–H and O–H groups in total. The van der Waals surface area contributed by atoms with Gasteiger partial charge in [-0.25, -0.2) is 0 Å². The molecule has 0 spiro atoms. The number of benzene rings is 5. The molecule has 0 heterocycles. The maximum absolute atomic E-state index is 3.69. The van der Waals surface area contributed by atoms with E-state index < -0.39 is 0 Å². The molecule has 0 aromatic heterocycles. The highest BCUT2D eigenvalue weighted by molar-refractivity contribution is 9.10. The Morgan fingerprint density at radius 3 is 1.96 bits per heavy atom. The zero-order chi connectivity index (χ0) is 15.4. The van der Waals surface area contributed by atoms with Crippen molar-refractivity contribution in [3.63, 3.8) is 0 Å². The van der Waals surface area contributed by atoms with Crippen molar-refractivity contribution in [2.45, 2.75) is 0 Å². The van der Waals surface area contributed by atoms with Gasteiger partial charge in [0.15, 0.2) is 0 Å². The highest BCUT2D eigenvalue weighted by atomic mass is 79.9. The van der Waals surface area contributed by atoms with Gasteiger partial charge in [0, 0.05) is 4.47 Å². The van der Waals surface area contributed by atoms with Crippen molar-refractivity contribution in [1.29, 1.82) is 0 Å². The second-order valence-corrected chi connectivity index (χ2v) is 6.84. The van der Waals surface area contributed by atoms with Gasteiger partial charge in [0.1, 0.15) is 0 Å². The molecule has 0 radical (unpaired) electrons. The zero-order valence-electron chi connectivity index (χ0n) is 12.4. The van der Waals surface area contributed by atoms with E-state index >= 15 is 0 Å². The summed E-state index contributed by atoms with van der Waals surface area (Å²) in [6, 6.07) is 28.5. The summed E-state index contributed by atoms with van der Waals surface area (Å²) >= 11 is 3.69. The molecule has 0 saturated carbocycles. The van der Waals surface area contributed by atoms with Crippen LogP contribution < -0.4 is 0 Å². The van der Waals surface area contributed by atoms with E-state index in [9.17, 15) is 0 Å². The minimum Gasteiger partial charge on any atom is -0.0622 e. The van der Waals surface area contributed by atoms with E-state index in [0.29, 0.717) is 0 Å². The van der Waals surface area contributed by atoms with Crippen molar-refractivity contribution in [3.05, 3.63) is 83.3 Å². The summed E-state index contributed by atoms with van der Waals surface area (Å²) in [6.45, 7) is 0. The van der Waals surface area contributed by atoms with Crippen LogP contribution in [0.3, 0.4) is 0 Å². The molecule has 5 aromatic rings. The third-order valence-electron chi connectivity index (χ3n) is 4.65. The Balaban J connectivity index is 1.95. The molecule has 23 heavy (non-hydrogen) atoms. The molecule has 108 valence electrons. The van der Waals surface area contributed by atoms with Gasteiger partial charge in [-0.15, -0.1) is 0 Å². The predicted octanol–water partition coefficient (Wildman–Crippen LogP) is 7.01. The summed E-state index contributed by atoms with van der Waals surface area (Å²) in [5, 5.41) is 7.91. The topological polar surface area (TPSA) is 0 Å². The van der Waals surface area contributed by atoms with Crippen molar-refractivity contribution in [3.8, 4) is 11.1 Å². The number of halogens is 1. The van der Waals surface area contributed by atoms with Crippen molar-refractivity contribution in [2.75, 3.05) is 0 Å². The van der Waals surface area contributed by atoms with Crippen LogP contribution in [0.25, 0.3) is 43.4 Å². The molecule has 0 aliphatic heterocycles. The third kappa shape index (κ3) is 1.90. The monoisotopic (exact) mass is 356 g/mol. The quantitative estimate of drug-likeness (QED) is 0.283. The zero-order valence-corrected chi connectivity index (χ0v) is 14.0. The lowest BCUT2D eigenvalue weighted by molar-refractivity contribution is 1.66. The highest BCUT2D eigenvalue weighted by Crippen LogP contribution is 2.39. The largest absolute Gasteiger partial charge is 0.0622 e. The first kappa shape index (κ1) is 13.1. The lowest BCUT2D eigenvalue weighted by atomic mass is 9.91. The summed E-state index contributed by atoms with van der Waals surface area (Å²) in [5.41, 5.74) is 2.54. The standard InChI is InChI=1S/C22H13Br/c23-20-11-9-15-6-7-16-12-18(14-4-2-1-3-5-14)13-17-8-10-19(20)22(15)21(16)17/h1-13H. The van der Waals surface area contributed by atoms with E-state index in [0.717, 1.165) is 4.47 Å². The van der Waals surface area contributed by atoms with Crippen LogP contribution in [-0.2, 0) is 0 Å². The van der Waals surface area contributed by atoms with Gasteiger partial charge in [-0.05, 0) is 61.6 Å². The highest BCUT2D eigenvalue weighted by Gasteiger charge is 2.11. The fourth-order valence-electron chi connectivity index (χ4n) is 3.58. The van der Waals surface area contributed by atoms with Crippen LogP contribution in [0, 0.1) is 0 Å². The Kier molecular flexibility index (Phi) is 2.74. The summed E-state index contributed by atoms with van der Waals surface area (Å²) in [4.78, 5) is 0. The Labute approximate surface area is 142 Å². The molecule has 5 rings (SSSR count). The van der Waals surface area contributed by atoms with Crippen molar-refractivity contribution in [1.82, 2.24) is 0 Å².